The molecule has 2 atom stereocenters. The zero-order chi connectivity index (χ0) is 19.0. The highest BCUT2D eigenvalue weighted by molar-refractivity contribution is 6.05. The fraction of sp³-hybridized carbons (Fsp3) is 0.550. The summed E-state index contributed by atoms with van der Waals surface area (Å²) in [5.41, 5.74) is 8.86. The first kappa shape index (κ1) is 18.1. The van der Waals surface area contributed by atoms with Gasteiger partial charge < -0.3 is 10.6 Å². The Morgan fingerprint density at radius 1 is 1.15 bits per heavy atom. The quantitative estimate of drug-likeness (QED) is 0.766. The highest BCUT2D eigenvalue weighted by Gasteiger charge is 2.40. The van der Waals surface area contributed by atoms with Crippen molar-refractivity contribution in [2.75, 3.05) is 13.1 Å². The van der Waals surface area contributed by atoms with Gasteiger partial charge in [-0.15, -0.1) is 0 Å². The van der Waals surface area contributed by atoms with Crippen molar-refractivity contribution >= 4 is 17.7 Å². The number of amides is 3. The highest BCUT2D eigenvalue weighted by Crippen LogP contribution is 2.30. The molecule has 0 aliphatic carbocycles. The van der Waals surface area contributed by atoms with Crippen molar-refractivity contribution in [1.29, 1.82) is 0 Å². The average Bonchev–Trinajstić information content (AvgIpc) is 2.82. The summed E-state index contributed by atoms with van der Waals surface area (Å²) in [6.45, 7) is 2.96. The second-order valence-corrected chi connectivity index (χ2v) is 7.84. The van der Waals surface area contributed by atoms with E-state index in [1.54, 1.807) is 4.90 Å². The van der Waals surface area contributed by atoms with Crippen LogP contribution in [0.2, 0.25) is 0 Å². The fourth-order valence-corrected chi connectivity index (χ4v) is 4.46. The van der Waals surface area contributed by atoms with Gasteiger partial charge in [-0.3, -0.25) is 24.6 Å². The highest BCUT2D eigenvalue weighted by atomic mass is 16.2. The van der Waals surface area contributed by atoms with E-state index in [1.165, 1.54) is 0 Å². The van der Waals surface area contributed by atoms with Crippen LogP contribution >= 0.6 is 0 Å². The molecule has 1 aromatic carbocycles. The van der Waals surface area contributed by atoms with E-state index in [0.717, 1.165) is 49.0 Å². The minimum Gasteiger partial charge on any atom is -0.327 e. The molecule has 3 heterocycles. The summed E-state index contributed by atoms with van der Waals surface area (Å²) in [4.78, 5) is 40.7. The zero-order valence-electron chi connectivity index (χ0n) is 15.4. The van der Waals surface area contributed by atoms with Crippen LogP contribution in [0, 0.1) is 0 Å². The Hall–Kier alpha value is -2.25. The number of hydrogen-bond acceptors (Lipinski definition) is 5. The maximum absolute atomic E-state index is 13.1. The van der Waals surface area contributed by atoms with Crippen molar-refractivity contribution in [2.45, 2.75) is 57.3 Å². The molecule has 3 amide bonds. The van der Waals surface area contributed by atoms with E-state index in [9.17, 15) is 14.4 Å². The van der Waals surface area contributed by atoms with Crippen molar-refractivity contribution in [3.8, 4) is 0 Å². The van der Waals surface area contributed by atoms with E-state index in [0.29, 0.717) is 19.5 Å². The van der Waals surface area contributed by atoms with Gasteiger partial charge in [0.25, 0.3) is 5.91 Å². The molecule has 0 spiro atoms. The molecular weight excluding hydrogens is 344 g/mol. The molecule has 27 heavy (non-hydrogen) atoms. The first-order chi connectivity index (χ1) is 13.0. The number of carbonyl (C=O) groups is 3. The predicted octanol–water partition coefficient (Wildman–Crippen LogP) is 0.761. The number of hydrogen-bond donors (Lipinski definition) is 2. The van der Waals surface area contributed by atoms with Gasteiger partial charge in [-0.2, -0.15) is 0 Å². The Kier molecular flexibility index (Phi) is 4.97. The lowest BCUT2D eigenvalue weighted by molar-refractivity contribution is -0.136. The molecule has 0 saturated carbocycles. The number of fused-ring (bicyclic) bond motifs is 1. The van der Waals surface area contributed by atoms with Crippen molar-refractivity contribution in [1.82, 2.24) is 15.1 Å². The SMILES string of the molecule is NC1CCCCN(Cc2cccc3c2C(=O)N(C2CCC(=O)NC2=O)C3)C1. The minimum atomic E-state index is -0.568. The molecule has 0 aromatic heterocycles. The first-order valence-electron chi connectivity index (χ1n) is 9.76. The van der Waals surface area contributed by atoms with Gasteiger partial charge in [-0.1, -0.05) is 24.6 Å². The third kappa shape index (κ3) is 3.61. The third-order valence-electron chi connectivity index (χ3n) is 5.82. The summed E-state index contributed by atoms with van der Waals surface area (Å²) in [6.07, 6.45) is 3.98. The van der Waals surface area contributed by atoms with Crippen LogP contribution in [0.4, 0.5) is 0 Å². The molecule has 3 aliphatic rings. The van der Waals surface area contributed by atoms with Gasteiger partial charge in [-0.05, 0) is 36.9 Å². The zero-order valence-corrected chi connectivity index (χ0v) is 15.4. The molecule has 0 bridgehead atoms. The number of rotatable bonds is 3. The molecule has 144 valence electrons. The molecule has 3 aliphatic heterocycles. The summed E-state index contributed by atoms with van der Waals surface area (Å²) < 4.78 is 0. The van der Waals surface area contributed by atoms with Gasteiger partial charge in [0.05, 0.1) is 0 Å². The van der Waals surface area contributed by atoms with Gasteiger partial charge in [0, 0.05) is 37.7 Å². The average molecular weight is 370 g/mol. The minimum absolute atomic E-state index is 0.103. The summed E-state index contributed by atoms with van der Waals surface area (Å²) >= 11 is 0. The van der Waals surface area contributed by atoms with Crippen molar-refractivity contribution in [2.24, 2.45) is 5.73 Å². The first-order valence-corrected chi connectivity index (χ1v) is 9.76. The number of imide groups is 1. The van der Waals surface area contributed by atoms with Crippen LogP contribution in [-0.4, -0.2) is 52.7 Å². The monoisotopic (exact) mass is 370 g/mol. The van der Waals surface area contributed by atoms with Crippen molar-refractivity contribution in [3.63, 3.8) is 0 Å². The lowest BCUT2D eigenvalue weighted by Gasteiger charge is -2.29. The molecule has 1 aromatic rings. The Balaban J connectivity index is 1.54. The molecule has 2 unspecified atom stereocenters. The van der Waals surface area contributed by atoms with Crippen LogP contribution in [0.3, 0.4) is 0 Å². The van der Waals surface area contributed by atoms with Crippen LogP contribution in [-0.2, 0) is 22.7 Å². The molecule has 2 saturated heterocycles. The number of piperidine rings is 1. The Morgan fingerprint density at radius 2 is 2.00 bits per heavy atom. The molecular formula is C20H26N4O3. The molecule has 0 radical (unpaired) electrons. The fourth-order valence-electron chi connectivity index (χ4n) is 4.46. The topological polar surface area (TPSA) is 95.7 Å². The van der Waals surface area contributed by atoms with E-state index in [1.807, 2.05) is 18.2 Å². The Morgan fingerprint density at radius 3 is 2.81 bits per heavy atom. The number of carbonyl (C=O) groups excluding carboxylic acids is 3. The Bertz CT molecular complexity index is 778. The van der Waals surface area contributed by atoms with E-state index in [-0.39, 0.29) is 30.2 Å². The van der Waals surface area contributed by atoms with Crippen molar-refractivity contribution < 1.29 is 14.4 Å². The maximum Gasteiger partial charge on any atom is 0.255 e. The van der Waals surface area contributed by atoms with E-state index in [2.05, 4.69) is 10.2 Å². The molecule has 7 heteroatoms. The van der Waals surface area contributed by atoms with Crippen LogP contribution in [0.1, 0.15) is 53.6 Å². The Labute approximate surface area is 158 Å². The van der Waals surface area contributed by atoms with E-state index >= 15 is 0 Å². The lowest BCUT2D eigenvalue weighted by Crippen LogP contribution is -2.52. The summed E-state index contributed by atoms with van der Waals surface area (Å²) in [6, 6.07) is 5.55. The number of nitrogens with two attached hydrogens (primary N) is 1. The van der Waals surface area contributed by atoms with Crippen LogP contribution < -0.4 is 11.1 Å². The maximum atomic E-state index is 13.1. The number of nitrogens with one attached hydrogen (secondary N) is 1. The van der Waals surface area contributed by atoms with Gasteiger partial charge in [-0.25, -0.2) is 0 Å². The summed E-state index contributed by atoms with van der Waals surface area (Å²) in [5, 5.41) is 2.35. The molecule has 4 rings (SSSR count). The van der Waals surface area contributed by atoms with Gasteiger partial charge in [0.2, 0.25) is 11.8 Å². The second kappa shape index (κ2) is 7.40. The van der Waals surface area contributed by atoms with Crippen LogP contribution in [0.5, 0.6) is 0 Å². The standard InChI is InChI=1S/C20H26N4O3/c21-15-6-1-2-9-23(12-15)10-13-4-3-5-14-11-24(20(27)18(13)14)16-7-8-17(25)22-19(16)26/h3-5,15-16H,1-2,6-12,21H2,(H,22,25,26). The van der Waals surface area contributed by atoms with Crippen LogP contribution in [0.15, 0.2) is 18.2 Å². The second-order valence-electron chi connectivity index (χ2n) is 7.84. The van der Waals surface area contributed by atoms with Gasteiger partial charge >= 0.3 is 0 Å². The van der Waals surface area contributed by atoms with Gasteiger partial charge in [0.15, 0.2) is 0 Å². The summed E-state index contributed by atoms with van der Waals surface area (Å²) in [5.74, 6) is -0.736. The third-order valence-corrected chi connectivity index (χ3v) is 5.82. The lowest BCUT2D eigenvalue weighted by atomic mass is 10.0. The van der Waals surface area contributed by atoms with E-state index < -0.39 is 6.04 Å². The summed E-state index contributed by atoms with van der Waals surface area (Å²) in [7, 11) is 0. The largest absolute Gasteiger partial charge is 0.327 e. The van der Waals surface area contributed by atoms with Gasteiger partial charge in [0.1, 0.15) is 6.04 Å². The van der Waals surface area contributed by atoms with E-state index in [4.69, 9.17) is 5.73 Å². The van der Waals surface area contributed by atoms with Crippen molar-refractivity contribution in [3.05, 3.63) is 34.9 Å². The number of benzene rings is 1. The number of nitrogens with zero attached hydrogens (tertiary/aromatic N) is 2. The normalized spacial score (nSPS) is 26.7. The smallest absolute Gasteiger partial charge is 0.255 e. The van der Waals surface area contributed by atoms with Crippen LogP contribution in [0.25, 0.3) is 0 Å². The predicted molar refractivity (Wildman–Crippen MR) is 99.6 cm³/mol. The number of likely N-dealkylation sites (tertiary alicyclic amines) is 1. The molecule has 3 N–H and O–H groups in total. The molecule has 2 fully saturated rings. The molecule has 7 nitrogen and oxygen atoms in total.